The summed E-state index contributed by atoms with van der Waals surface area (Å²) in [5.41, 5.74) is 1.82. The highest BCUT2D eigenvalue weighted by atomic mass is 79.9. The summed E-state index contributed by atoms with van der Waals surface area (Å²) < 4.78 is 13.2. The van der Waals surface area contributed by atoms with Gasteiger partial charge >= 0.3 is 11.8 Å². The Hall–Kier alpha value is -1.47. The molecular formula is C8H7BrFN3O2. The molecule has 0 atom stereocenters. The number of carbonyl (C=O) groups excluding carboxylic acids is 2. The van der Waals surface area contributed by atoms with Crippen molar-refractivity contribution in [1.29, 1.82) is 0 Å². The number of halogens is 2. The van der Waals surface area contributed by atoms with Crippen LogP contribution in [0.1, 0.15) is 0 Å². The molecule has 7 heteroatoms. The fraction of sp³-hybridized carbons (Fsp3) is 0. The highest BCUT2D eigenvalue weighted by Crippen LogP contribution is 2.22. The number of nitrogens with two attached hydrogens (primary N) is 1. The van der Waals surface area contributed by atoms with E-state index in [1.807, 2.05) is 0 Å². The van der Waals surface area contributed by atoms with E-state index >= 15 is 0 Å². The van der Waals surface area contributed by atoms with Gasteiger partial charge in [-0.3, -0.25) is 15.0 Å². The van der Waals surface area contributed by atoms with Crippen LogP contribution < -0.4 is 16.6 Å². The van der Waals surface area contributed by atoms with Gasteiger partial charge in [0.2, 0.25) is 0 Å². The monoisotopic (exact) mass is 275 g/mol. The van der Waals surface area contributed by atoms with Crippen molar-refractivity contribution in [2.45, 2.75) is 0 Å². The largest absolute Gasteiger partial charge is 0.323 e. The van der Waals surface area contributed by atoms with Crippen molar-refractivity contribution in [1.82, 2.24) is 5.43 Å². The van der Waals surface area contributed by atoms with Gasteiger partial charge in [-0.25, -0.2) is 10.2 Å². The minimum atomic E-state index is -1.01. The predicted molar refractivity (Wildman–Crippen MR) is 55.1 cm³/mol. The second-order valence-corrected chi connectivity index (χ2v) is 3.41. The van der Waals surface area contributed by atoms with Gasteiger partial charge in [0.05, 0.1) is 5.69 Å². The quantitative estimate of drug-likeness (QED) is 0.302. The van der Waals surface area contributed by atoms with E-state index in [0.717, 1.165) is 6.07 Å². The fourth-order valence-electron chi connectivity index (χ4n) is 0.838. The summed E-state index contributed by atoms with van der Waals surface area (Å²) in [6.45, 7) is 0. The molecule has 1 aromatic rings. The molecular weight excluding hydrogens is 269 g/mol. The average molecular weight is 276 g/mol. The van der Waals surface area contributed by atoms with Crippen molar-refractivity contribution in [3.8, 4) is 0 Å². The minimum Gasteiger partial charge on any atom is -0.317 e. The Balaban J connectivity index is 2.85. The smallest absolute Gasteiger partial charge is 0.317 e. The number of carbonyl (C=O) groups is 2. The predicted octanol–water partition coefficient (Wildman–Crippen LogP) is 0.517. The van der Waals surface area contributed by atoms with Gasteiger partial charge in [0.15, 0.2) is 0 Å². The van der Waals surface area contributed by atoms with Crippen LogP contribution in [0.2, 0.25) is 0 Å². The number of nitrogens with one attached hydrogen (secondary N) is 2. The van der Waals surface area contributed by atoms with Gasteiger partial charge in [-0.2, -0.15) is 0 Å². The van der Waals surface area contributed by atoms with E-state index in [9.17, 15) is 14.0 Å². The Kier molecular flexibility index (Phi) is 3.75. The first-order chi connectivity index (χ1) is 7.04. The van der Waals surface area contributed by atoms with E-state index in [2.05, 4.69) is 21.2 Å². The second kappa shape index (κ2) is 4.85. The molecule has 0 aliphatic carbocycles. The van der Waals surface area contributed by atoms with E-state index in [4.69, 9.17) is 5.84 Å². The zero-order chi connectivity index (χ0) is 11.4. The van der Waals surface area contributed by atoms with Gasteiger partial charge < -0.3 is 5.32 Å². The summed E-state index contributed by atoms with van der Waals surface area (Å²) in [7, 11) is 0. The zero-order valence-electron chi connectivity index (χ0n) is 7.38. The highest BCUT2D eigenvalue weighted by Gasteiger charge is 2.13. The van der Waals surface area contributed by atoms with Crippen molar-refractivity contribution in [2.75, 3.05) is 5.32 Å². The summed E-state index contributed by atoms with van der Waals surface area (Å²) in [5.74, 6) is 2.25. The Morgan fingerprint density at radius 1 is 1.33 bits per heavy atom. The van der Waals surface area contributed by atoms with Crippen LogP contribution in [0.4, 0.5) is 10.1 Å². The zero-order valence-corrected chi connectivity index (χ0v) is 8.97. The Morgan fingerprint density at radius 2 is 2.00 bits per heavy atom. The number of rotatable bonds is 1. The molecule has 80 valence electrons. The number of anilines is 1. The van der Waals surface area contributed by atoms with Gasteiger partial charge in [0.1, 0.15) is 5.82 Å². The third kappa shape index (κ3) is 3.00. The lowest BCUT2D eigenvalue weighted by molar-refractivity contribution is -0.136. The average Bonchev–Trinajstić information content (AvgIpc) is 2.22. The van der Waals surface area contributed by atoms with Crippen molar-refractivity contribution in [2.24, 2.45) is 5.84 Å². The van der Waals surface area contributed by atoms with E-state index in [1.165, 1.54) is 12.1 Å². The number of benzene rings is 1. The first-order valence-corrected chi connectivity index (χ1v) is 4.61. The second-order valence-electron chi connectivity index (χ2n) is 2.55. The highest BCUT2D eigenvalue weighted by molar-refractivity contribution is 9.10. The number of hydrogen-bond donors (Lipinski definition) is 3. The van der Waals surface area contributed by atoms with Crippen molar-refractivity contribution in [3.63, 3.8) is 0 Å². The number of hydrogen-bond acceptors (Lipinski definition) is 3. The molecule has 0 unspecified atom stereocenters. The maximum atomic E-state index is 12.8. The molecule has 0 aliphatic rings. The third-order valence-corrected chi connectivity index (χ3v) is 2.21. The molecule has 0 radical (unpaired) electrons. The van der Waals surface area contributed by atoms with Crippen molar-refractivity contribution in [3.05, 3.63) is 28.5 Å². The summed E-state index contributed by atoms with van der Waals surface area (Å²) in [4.78, 5) is 21.8. The standard InChI is InChI=1S/C8H7BrFN3O2/c9-5-2-1-4(10)3-6(5)12-7(14)8(15)13-11/h1-3H,11H2,(H,12,14)(H,13,15). The normalized spacial score (nSPS) is 9.53. The molecule has 0 heterocycles. The molecule has 2 amide bonds. The van der Waals surface area contributed by atoms with Gasteiger partial charge in [-0.15, -0.1) is 0 Å². The molecule has 0 aliphatic heterocycles. The van der Waals surface area contributed by atoms with Gasteiger partial charge in [-0.1, -0.05) is 0 Å². The molecule has 0 fully saturated rings. The molecule has 4 N–H and O–H groups in total. The molecule has 5 nitrogen and oxygen atoms in total. The van der Waals surface area contributed by atoms with Gasteiger partial charge in [0.25, 0.3) is 0 Å². The summed E-state index contributed by atoms with van der Waals surface area (Å²) in [6, 6.07) is 3.69. The molecule has 0 saturated carbocycles. The maximum absolute atomic E-state index is 12.8. The Labute approximate surface area is 92.9 Å². The van der Waals surface area contributed by atoms with Crippen LogP contribution in [0.5, 0.6) is 0 Å². The topological polar surface area (TPSA) is 84.2 Å². The van der Waals surface area contributed by atoms with Crippen LogP contribution in [0.15, 0.2) is 22.7 Å². The van der Waals surface area contributed by atoms with E-state index < -0.39 is 17.6 Å². The molecule has 0 spiro atoms. The van der Waals surface area contributed by atoms with Crippen LogP contribution in [0, 0.1) is 5.82 Å². The van der Waals surface area contributed by atoms with Crippen LogP contribution in [-0.2, 0) is 9.59 Å². The molecule has 0 bridgehead atoms. The lowest BCUT2D eigenvalue weighted by atomic mass is 10.3. The van der Waals surface area contributed by atoms with Crippen LogP contribution in [0.25, 0.3) is 0 Å². The van der Waals surface area contributed by atoms with Crippen LogP contribution in [-0.4, -0.2) is 11.8 Å². The van der Waals surface area contributed by atoms with Gasteiger partial charge in [-0.05, 0) is 34.1 Å². The van der Waals surface area contributed by atoms with E-state index in [1.54, 1.807) is 5.43 Å². The lowest BCUT2D eigenvalue weighted by Gasteiger charge is -2.05. The van der Waals surface area contributed by atoms with Crippen molar-refractivity contribution < 1.29 is 14.0 Å². The molecule has 0 aromatic heterocycles. The maximum Gasteiger partial charge on any atom is 0.323 e. The third-order valence-electron chi connectivity index (χ3n) is 1.51. The van der Waals surface area contributed by atoms with Crippen molar-refractivity contribution >= 4 is 33.4 Å². The number of amides is 2. The van der Waals surface area contributed by atoms with Gasteiger partial charge in [0, 0.05) is 4.47 Å². The summed E-state index contributed by atoms with van der Waals surface area (Å²) in [5, 5.41) is 2.18. The van der Waals surface area contributed by atoms with E-state index in [-0.39, 0.29) is 5.69 Å². The van der Waals surface area contributed by atoms with Crippen LogP contribution in [0.3, 0.4) is 0 Å². The Bertz CT molecular complexity index is 411. The van der Waals surface area contributed by atoms with Crippen LogP contribution >= 0.6 is 15.9 Å². The first kappa shape index (κ1) is 11.6. The Morgan fingerprint density at radius 3 is 2.60 bits per heavy atom. The molecule has 15 heavy (non-hydrogen) atoms. The summed E-state index contributed by atoms with van der Waals surface area (Å²) in [6.07, 6.45) is 0. The SMILES string of the molecule is NNC(=O)C(=O)Nc1cc(F)ccc1Br. The molecule has 1 aromatic carbocycles. The lowest BCUT2D eigenvalue weighted by Crippen LogP contribution is -2.39. The number of hydrazine groups is 1. The first-order valence-electron chi connectivity index (χ1n) is 3.81. The fourth-order valence-corrected chi connectivity index (χ4v) is 1.18. The summed E-state index contributed by atoms with van der Waals surface area (Å²) >= 11 is 3.09. The minimum absolute atomic E-state index is 0.156. The molecule has 0 saturated heterocycles. The van der Waals surface area contributed by atoms with E-state index in [0.29, 0.717) is 4.47 Å². The molecule has 1 rings (SSSR count).